The van der Waals surface area contributed by atoms with Crippen LogP contribution in [-0.4, -0.2) is 35.3 Å². The van der Waals surface area contributed by atoms with E-state index in [0.717, 1.165) is 18.9 Å². The van der Waals surface area contributed by atoms with E-state index < -0.39 is 17.8 Å². The fraction of sp³-hybridized carbons (Fsp3) is 0.375. The maximum absolute atomic E-state index is 14.0. The van der Waals surface area contributed by atoms with Gasteiger partial charge in [-0.1, -0.05) is 5.16 Å². The molecule has 1 fully saturated rings. The van der Waals surface area contributed by atoms with Crippen molar-refractivity contribution in [2.45, 2.75) is 25.5 Å². The van der Waals surface area contributed by atoms with Gasteiger partial charge in [-0.2, -0.15) is 4.98 Å². The molecular weight excluding hydrogens is 361 g/mol. The molecule has 11 heteroatoms. The highest BCUT2D eigenvalue weighted by molar-refractivity contribution is 5.97. The number of halogens is 1. The fourth-order valence-electron chi connectivity index (χ4n) is 2.81. The molecule has 0 radical (unpaired) electrons. The number of fused-ring (bicyclic) bond motifs is 1. The lowest BCUT2D eigenvalue weighted by molar-refractivity contribution is -0.118. The van der Waals surface area contributed by atoms with Crippen LogP contribution in [0.3, 0.4) is 0 Å². The predicted octanol–water partition coefficient (Wildman–Crippen LogP) is 1.71. The number of anilines is 2. The van der Waals surface area contributed by atoms with Gasteiger partial charge in [-0.15, -0.1) is 0 Å². The largest absolute Gasteiger partial charge is 0.478 e. The lowest BCUT2D eigenvalue weighted by atomic mass is 10.2. The van der Waals surface area contributed by atoms with Crippen LogP contribution in [-0.2, 0) is 16.1 Å². The molecule has 27 heavy (non-hydrogen) atoms. The van der Waals surface area contributed by atoms with Crippen LogP contribution in [0.25, 0.3) is 0 Å². The van der Waals surface area contributed by atoms with Crippen LogP contribution in [0.1, 0.15) is 30.7 Å². The Morgan fingerprint density at radius 2 is 2.30 bits per heavy atom. The molecule has 2 aliphatic rings. The van der Waals surface area contributed by atoms with Crippen molar-refractivity contribution < 1.29 is 28.0 Å². The molecule has 4 rings (SSSR count). The summed E-state index contributed by atoms with van der Waals surface area (Å²) in [6.07, 6.45) is 1.56. The van der Waals surface area contributed by atoms with Gasteiger partial charge in [-0.25, -0.2) is 9.18 Å². The molecule has 3 N–H and O–H groups in total. The van der Waals surface area contributed by atoms with Crippen LogP contribution in [0.15, 0.2) is 16.7 Å². The minimum Gasteiger partial charge on any atom is -0.478 e. The molecule has 0 bridgehead atoms. The Balaban J connectivity index is 1.35. The Morgan fingerprint density at radius 3 is 3.11 bits per heavy atom. The van der Waals surface area contributed by atoms with Crippen molar-refractivity contribution in [3.63, 3.8) is 0 Å². The van der Waals surface area contributed by atoms with E-state index in [0.29, 0.717) is 18.3 Å². The van der Waals surface area contributed by atoms with Crippen LogP contribution in [0.4, 0.5) is 20.6 Å². The number of benzene rings is 1. The number of carbonyl (C=O) groups is 2. The number of ether oxygens (including phenoxy) is 2. The highest BCUT2D eigenvalue weighted by atomic mass is 19.1. The first-order valence-electron chi connectivity index (χ1n) is 8.33. The normalized spacial score (nSPS) is 18.4. The van der Waals surface area contributed by atoms with Gasteiger partial charge >= 0.3 is 6.03 Å². The first-order chi connectivity index (χ1) is 13.1. The SMILES string of the molecule is O=C1COc2c(F)cc(NC(=O)NCc3noc([C@@H]4CCCO4)n3)cc2N1. The first-order valence-corrected chi connectivity index (χ1v) is 8.33. The molecule has 0 spiro atoms. The molecule has 1 aromatic carbocycles. The van der Waals surface area contributed by atoms with E-state index in [1.54, 1.807) is 0 Å². The van der Waals surface area contributed by atoms with Gasteiger partial charge in [-0.05, 0) is 18.9 Å². The predicted molar refractivity (Wildman–Crippen MR) is 88.6 cm³/mol. The van der Waals surface area contributed by atoms with Crippen LogP contribution in [0.5, 0.6) is 5.75 Å². The highest BCUT2D eigenvalue weighted by Crippen LogP contribution is 2.33. The zero-order valence-corrected chi connectivity index (χ0v) is 14.1. The average Bonchev–Trinajstić information content (AvgIpc) is 3.31. The number of urea groups is 1. The highest BCUT2D eigenvalue weighted by Gasteiger charge is 2.24. The number of hydrogen-bond acceptors (Lipinski definition) is 7. The van der Waals surface area contributed by atoms with Crippen molar-refractivity contribution in [3.8, 4) is 5.75 Å². The molecular formula is C16H16FN5O5. The van der Waals surface area contributed by atoms with E-state index in [4.69, 9.17) is 14.0 Å². The van der Waals surface area contributed by atoms with Crippen LogP contribution in [0, 0.1) is 5.82 Å². The molecule has 0 saturated carbocycles. The van der Waals surface area contributed by atoms with Crippen molar-refractivity contribution in [1.82, 2.24) is 15.5 Å². The third-order valence-corrected chi connectivity index (χ3v) is 4.02. The molecule has 1 saturated heterocycles. The van der Waals surface area contributed by atoms with Gasteiger partial charge in [0.2, 0.25) is 0 Å². The molecule has 2 aromatic rings. The van der Waals surface area contributed by atoms with Crippen molar-refractivity contribution in [3.05, 3.63) is 29.7 Å². The average molecular weight is 377 g/mol. The molecule has 3 amide bonds. The Morgan fingerprint density at radius 1 is 1.41 bits per heavy atom. The van der Waals surface area contributed by atoms with E-state index in [-0.39, 0.29) is 36.4 Å². The molecule has 10 nitrogen and oxygen atoms in total. The Kier molecular flexibility index (Phi) is 4.59. The van der Waals surface area contributed by atoms with E-state index in [1.807, 2.05) is 0 Å². The third kappa shape index (κ3) is 3.82. The lowest BCUT2D eigenvalue weighted by Gasteiger charge is -2.19. The summed E-state index contributed by atoms with van der Waals surface area (Å²) in [5.41, 5.74) is 0.309. The van der Waals surface area contributed by atoms with Crippen LogP contribution >= 0.6 is 0 Å². The molecule has 0 aliphatic carbocycles. The van der Waals surface area contributed by atoms with Gasteiger partial charge in [0.05, 0.1) is 12.2 Å². The second kappa shape index (κ2) is 7.19. The van der Waals surface area contributed by atoms with Crippen LogP contribution in [0.2, 0.25) is 0 Å². The second-order valence-corrected chi connectivity index (χ2v) is 6.03. The molecule has 2 aliphatic heterocycles. The molecule has 142 valence electrons. The summed E-state index contributed by atoms with van der Waals surface area (Å²) in [5, 5.41) is 11.3. The lowest BCUT2D eigenvalue weighted by Crippen LogP contribution is -2.29. The van der Waals surface area contributed by atoms with E-state index >= 15 is 0 Å². The number of hydrogen-bond donors (Lipinski definition) is 3. The Hall–Kier alpha value is -3.21. The third-order valence-electron chi connectivity index (χ3n) is 4.02. The smallest absolute Gasteiger partial charge is 0.319 e. The summed E-state index contributed by atoms with van der Waals surface area (Å²) in [7, 11) is 0. The van der Waals surface area contributed by atoms with Gasteiger partial charge in [0.15, 0.2) is 24.0 Å². The minimum absolute atomic E-state index is 0.0231. The quantitative estimate of drug-likeness (QED) is 0.740. The van der Waals surface area contributed by atoms with Gasteiger partial charge in [0.1, 0.15) is 6.10 Å². The van der Waals surface area contributed by atoms with E-state index in [1.165, 1.54) is 6.07 Å². The fourth-order valence-corrected chi connectivity index (χ4v) is 2.81. The van der Waals surface area contributed by atoms with Crippen LogP contribution < -0.4 is 20.7 Å². The zero-order valence-electron chi connectivity index (χ0n) is 14.1. The number of nitrogens with zero attached hydrogens (tertiary/aromatic N) is 2. The summed E-state index contributed by atoms with van der Waals surface area (Å²) in [4.78, 5) is 27.5. The van der Waals surface area contributed by atoms with Crippen molar-refractivity contribution in [1.29, 1.82) is 0 Å². The monoisotopic (exact) mass is 377 g/mol. The first kappa shape index (κ1) is 17.2. The standard InChI is InChI=1S/C16H16FN5O5/c17-9-4-8(5-10-14(9)26-7-13(23)20-10)19-16(24)18-6-12-21-15(27-22-12)11-2-1-3-25-11/h4-5,11H,1-3,6-7H2,(H,20,23)(H2,18,19,24)/t11-/m0/s1. The number of rotatable bonds is 4. The second-order valence-electron chi connectivity index (χ2n) is 6.03. The van der Waals surface area contributed by atoms with Crippen molar-refractivity contribution in [2.24, 2.45) is 0 Å². The van der Waals surface area contributed by atoms with Gasteiger partial charge < -0.3 is 29.9 Å². The summed E-state index contributed by atoms with van der Waals surface area (Å²) < 4.78 is 29.6. The maximum Gasteiger partial charge on any atom is 0.319 e. The Labute approximate surface area is 152 Å². The van der Waals surface area contributed by atoms with E-state index in [9.17, 15) is 14.0 Å². The number of amides is 3. The minimum atomic E-state index is -0.692. The summed E-state index contributed by atoms with van der Waals surface area (Å²) in [6, 6.07) is 1.90. The number of aromatic nitrogens is 2. The molecule has 1 aromatic heterocycles. The molecule has 3 heterocycles. The summed E-state index contributed by atoms with van der Waals surface area (Å²) in [5.74, 6) is -0.469. The zero-order chi connectivity index (χ0) is 18.8. The topological polar surface area (TPSA) is 128 Å². The molecule has 0 unspecified atom stereocenters. The van der Waals surface area contributed by atoms with E-state index in [2.05, 4.69) is 26.1 Å². The summed E-state index contributed by atoms with van der Waals surface area (Å²) in [6.45, 7) is 0.428. The van der Waals surface area contributed by atoms with Gasteiger partial charge in [-0.3, -0.25) is 4.79 Å². The van der Waals surface area contributed by atoms with Crippen molar-refractivity contribution in [2.75, 3.05) is 23.8 Å². The van der Waals surface area contributed by atoms with Gasteiger partial charge in [0.25, 0.3) is 11.8 Å². The molecule has 1 atom stereocenters. The number of carbonyl (C=O) groups excluding carboxylic acids is 2. The maximum atomic E-state index is 14.0. The Bertz CT molecular complexity index is 880. The van der Waals surface area contributed by atoms with Crippen molar-refractivity contribution >= 4 is 23.3 Å². The van der Waals surface area contributed by atoms with Gasteiger partial charge in [0, 0.05) is 18.4 Å². The number of nitrogens with one attached hydrogen (secondary N) is 3. The summed E-state index contributed by atoms with van der Waals surface area (Å²) >= 11 is 0.